The summed E-state index contributed by atoms with van der Waals surface area (Å²) in [6.07, 6.45) is 0. The van der Waals surface area contributed by atoms with Crippen molar-refractivity contribution in [2.75, 3.05) is 5.32 Å². The van der Waals surface area contributed by atoms with E-state index in [1.807, 2.05) is 19.9 Å². The van der Waals surface area contributed by atoms with Gasteiger partial charge in [0.2, 0.25) is 0 Å². The molecule has 0 spiro atoms. The van der Waals surface area contributed by atoms with Crippen LogP contribution in [0.3, 0.4) is 0 Å². The number of nitrogens with one attached hydrogen (secondary N) is 1. The molecule has 0 aromatic heterocycles. The highest BCUT2D eigenvalue weighted by molar-refractivity contribution is 9.10. The van der Waals surface area contributed by atoms with Gasteiger partial charge in [0.25, 0.3) is 11.6 Å². The van der Waals surface area contributed by atoms with Gasteiger partial charge in [0.05, 0.1) is 10.5 Å². The van der Waals surface area contributed by atoms with E-state index in [1.54, 1.807) is 24.3 Å². The highest BCUT2D eigenvalue weighted by Crippen LogP contribution is 2.27. The lowest BCUT2D eigenvalue weighted by Crippen LogP contribution is -2.14. The van der Waals surface area contributed by atoms with Crippen LogP contribution in [0.25, 0.3) is 0 Å². The molecule has 0 aliphatic rings. The van der Waals surface area contributed by atoms with Crippen molar-refractivity contribution in [3.05, 3.63) is 67.7 Å². The first-order valence-electron chi connectivity index (χ1n) is 6.21. The number of anilines is 1. The van der Waals surface area contributed by atoms with Crippen LogP contribution in [0.2, 0.25) is 0 Å². The zero-order valence-corrected chi connectivity index (χ0v) is 13.1. The molecular formula is C15H13BrN2O3. The molecule has 2 aromatic rings. The van der Waals surface area contributed by atoms with E-state index >= 15 is 0 Å². The number of hydrogen-bond donors (Lipinski definition) is 1. The van der Waals surface area contributed by atoms with Crippen molar-refractivity contribution >= 4 is 33.2 Å². The summed E-state index contributed by atoms with van der Waals surface area (Å²) in [5, 5.41) is 13.6. The largest absolute Gasteiger partial charge is 0.316 e. The lowest BCUT2D eigenvalue weighted by atomic mass is 10.1. The van der Waals surface area contributed by atoms with Gasteiger partial charge in [-0.2, -0.15) is 0 Å². The first-order valence-corrected chi connectivity index (χ1v) is 7.01. The van der Waals surface area contributed by atoms with Gasteiger partial charge in [-0.3, -0.25) is 14.9 Å². The molecule has 5 nitrogen and oxygen atoms in total. The summed E-state index contributed by atoms with van der Waals surface area (Å²) in [5.74, 6) is -0.390. The molecule has 108 valence electrons. The van der Waals surface area contributed by atoms with E-state index < -0.39 is 4.92 Å². The van der Waals surface area contributed by atoms with Gasteiger partial charge in [-0.15, -0.1) is 0 Å². The molecule has 0 heterocycles. The van der Waals surface area contributed by atoms with Crippen LogP contribution in [0.5, 0.6) is 0 Å². The summed E-state index contributed by atoms with van der Waals surface area (Å²) in [7, 11) is 0. The zero-order valence-electron chi connectivity index (χ0n) is 11.5. The Bertz CT molecular complexity index is 729. The fourth-order valence-corrected chi connectivity index (χ4v) is 2.37. The van der Waals surface area contributed by atoms with Crippen molar-refractivity contribution in [1.82, 2.24) is 0 Å². The van der Waals surface area contributed by atoms with Crippen molar-refractivity contribution in [1.29, 1.82) is 0 Å². The molecule has 0 aliphatic heterocycles. The van der Waals surface area contributed by atoms with Crippen molar-refractivity contribution in [3.63, 3.8) is 0 Å². The second-order valence-corrected chi connectivity index (χ2v) is 5.46. The summed E-state index contributed by atoms with van der Waals surface area (Å²) >= 11 is 3.36. The van der Waals surface area contributed by atoms with Crippen LogP contribution in [-0.4, -0.2) is 10.8 Å². The van der Waals surface area contributed by atoms with Gasteiger partial charge < -0.3 is 5.32 Å². The van der Waals surface area contributed by atoms with Crippen LogP contribution < -0.4 is 5.32 Å². The van der Waals surface area contributed by atoms with Crippen LogP contribution in [0, 0.1) is 24.0 Å². The Morgan fingerprint density at radius 1 is 1.24 bits per heavy atom. The average Bonchev–Trinajstić information content (AvgIpc) is 2.41. The number of hydrogen-bond acceptors (Lipinski definition) is 3. The number of carbonyl (C=O) groups is 1. The monoisotopic (exact) mass is 348 g/mol. The third-order valence-corrected chi connectivity index (χ3v) is 4.09. The van der Waals surface area contributed by atoms with E-state index in [2.05, 4.69) is 21.2 Å². The molecule has 1 amide bonds. The molecule has 0 radical (unpaired) electrons. The number of aryl methyl sites for hydroxylation is 2. The summed E-state index contributed by atoms with van der Waals surface area (Å²) in [5.41, 5.74) is 2.25. The molecule has 0 saturated heterocycles. The van der Waals surface area contributed by atoms with Gasteiger partial charge in [0, 0.05) is 10.5 Å². The van der Waals surface area contributed by atoms with Crippen LogP contribution in [0.1, 0.15) is 21.5 Å². The number of halogens is 1. The molecular weight excluding hydrogens is 336 g/mol. The fourth-order valence-electron chi connectivity index (χ4n) is 1.92. The van der Waals surface area contributed by atoms with Crippen LogP contribution in [0.4, 0.5) is 11.4 Å². The molecule has 2 aromatic carbocycles. The Kier molecular flexibility index (Phi) is 4.37. The highest BCUT2D eigenvalue weighted by Gasteiger charge is 2.18. The maximum atomic E-state index is 12.3. The SMILES string of the molecule is Cc1ccc([N+](=O)[O-])c(NC(=O)c2cccc(C)c2Br)c1. The third-order valence-electron chi connectivity index (χ3n) is 3.03. The van der Waals surface area contributed by atoms with E-state index in [0.717, 1.165) is 11.1 Å². The van der Waals surface area contributed by atoms with E-state index in [1.165, 1.54) is 6.07 Å². The smallest absolute Gasteiger partial charge is 0.292 e. The van der Waals surface area contributed by atoms with Gasteiger partial charge in [-0.1, -0.05) is 18.2 Å². The lowest BCUT2D eigenvalue weighted by molar-refractivity contribution is -0.383. The second-order valence-electron chi connectivity index (χ2n) is 4.67. The molecule has 0 bridgehead atoms. The summed E-state index contributed by atoms with van der Waals surface area (Å²) in [6.45, 7) is 3.68. The number of amides is 1. The summed E-state index contributed by atoms with van der Waals surface area (Å²) in [6, 6.07) is 9.90. The minimum Gasteiger partial charge on any atom is -0.316 e. The van der Waals surface area contributed by atoms with E-state index in [4.69, 9.17) is 0 Å². The van der Waals surface area contributed by atoms with Gasteiger partial charge in [-0.25, -0.2) is 0 Å². The minimum atomic E-state index is -0.514. The third kappa shape index (κ3) is 3.28. The van der Waals surface area contributed by atoms with Gasteiger partial charge in [0.1, 0.15) is 5.69 Å². The van der Waals surface area contributed by atoms with Gasteiger partial charge in [-0.05, 0) is 53.0 Å². The Labute approximate surface area is 130 Å². The highest BCUT2D eigenvalue weighted by atomic mass is 79.9. The Hall–Kier alpha value is -2.21. The fraction of sp³-hybridized carbons (Fsp3) is 0.133. The number of carbonyl (C=O) groups excluding carboxylic acids is 1. The predicted octanol–water partition coefficient (Wildman–Crippen LogP) is 4.23. The van der Waals surface area contributed by atoms with Gasteiger partial charge in [0.15, 0.2) is 0 Å². The van der Waals surface area contributed by atoms with E-state index in [0.29, 0.717) is 10.0 Å². The Balaban J connectivity index is 2.38. The molecule has 0 unspecified atom stereocenters. The number of nitro benzene ring substituents is 1. The maximum absolute atomic E-state index is 12.3. The minimum absolute atomic E-state index is 0.127. The summed E-state index contributed by atoms with van der Waals surface area (Å²) < 4.78 is 0.679. The molecule has 2 rings (SSSR count). The predicted molar refractivity (Wildman–Crippen MR) is 84.7 cm³/mol. The van der Waals surface area contributed by atoms with E-state index in [9.17, 15) is 14.9 Å². The zero-order chi connectivity index (χ0) is 15.6. The average molecular weight is 349 g/mol. The molecule has 0 aliphatic carbocycles. The Morgan fingerprint density at radius 3 is 2.62 bits per heavy atom. The maximum Gasteiger partial charge on any atom is 0.292 e. The molecule has 0 saturated carbocycles. The normalized spacial score (nSPS) is 10.2. The van der Waals surface area contributed by atoms with Crippen LogP contribution >= 0.6 is 15.9 Å². The number of rotatable bonds is 3. The molecule has 21 heavy (non-hydrogen) atoms. The quantitative estimate of drug-likeness (QED) is 0.666. The molecule has 0 fully saturated rings. The number of benzene rings is 2. The molecule has 1 N–H and O–H groups in total. The topological polar surface area (TPSA) is 72.2 Å². The van der Waals surface area contributed by atoms with E-state index in [-0.39, 0.29) is 17.3 Å². The number of nitro groups is 1. The first-order chi connectivity index (χ1) is 9.90. The van der Waals surface area contributed by atoms with Crippen LogP contribution in [-0.2, 0) is 0 Å². The van der Waals surface area contributed by atoms with Crippen LogP contribution in [0.15, 0.2) is 40.9 Å². The standard InChI is InChI=1S/C15H13BrN2O3/c1-9-6-7-13(18(20)21)12(8-9)17-15(19)11-5-3-4-10(2)14(11)16/h3-8H,1-2H3,(H,17,19). The van der Waals surface area contributed by atoms with Crippen molar-refractivity contribution < 1.29 is 9.72 Å². The van der Waals surface area contributed by atoms with Crippen molar-refractivity contribution in [3.8, 4) is 0 Å². The lowest BCUT2D eigenvalue weighted by Gasteiger charge is -2.09. The molecule has 6 heteroatoms. The second kappa shape index (κ2) is 6.05. The summed E-state index contributed by atoms with van der Waals surface area (Å²) in [4.78, 5) is 22.8. The Morgan fingerprint density at radius 2 is 1.95 bits per heavy atom. The first kappa shape index (κ1) is 15.2. The van der Waals surface area contributed by atoms with Crippen molar-refractivity contribution in [2.45, 2.75) is 13.8 Å². The number of nitrogens with zero attached hydrogens (tertiary/aromatic N) is 1. The van der Waals surface area contributed by atoms with Crippen molar-refractivity contribution in [2.24, 2.45) is 0 Å². The molecule has 0 atom stereocenters. The van der Waals surface area contributed by atoms with Gasteiger partial charge >= 0.3 is 0 Å².